The summed E-state index contributed by atoms with van der Waals surface area (Å²) < 4.78 is 6.06. The summed E-state index contributed by atoms with van der Waals surface area (Å²) in [6, 6.07) is 5.81. The van der Waals surface area contributed by atoms with Crippen molar-refractivity contribution in [3.05, 3.63) is 29.1 Å². The summed E-state index contributed by atoms with van der Waals surface area (Å²) in [6.45, 7) is 4.21. The van der Waals surface area contributed by atoms with Crippen molar-refractivity contribution < 1.29 is 9.53 Å². The van der Waals surface area contributed by atoms with Crippen LogP contribution in [0.3, 0.4) is 0 Å². The minimum absolute atomic E-state index is 0.306. The fourth-order valence-electron chi connectivity index (χ4n) is 2.86. The van der Waals surface area contributed by atoms with Crippen LogP contribution in [-0.4, -0.2) is 35.6 Å². The van der Waals surface area contributed by atoms with Crippen molar-refractivity contribution in [2.45, 2.75) is 19.8 Å². The molecule has 0 N–H and O–H groups in total. The highest BCUT2D eigenvalue weighted by atomic mass is 32.1. The van der Waals surface area contributed by atoms with E-state index in [9.17, 15) is 4.79 Å². The molecule has 4 heterocycles. The Hall–Kier alpha value is -1.99. The van der Waals surface area contributed by atoms with E-state index in [1.165, 1.54) is 24.2 Å². The molecule has 0 amide bonds. The second-order valence-electron chi connectivity index (χ2n) is 5.60. The number of carbonyl (C=O) groups excluding carboxylic acids is 1. The van der Waals surface area contributed by atoms with Crippen LogP contribution in [0.1, 0.15) is 30.1 Å². The molecular weight excluding hydrogens is 342 g/mol. The Bertz CT molecular complexity index is 867. The van der Waals surface area contributed by atoms with Gasteiger partial charge in [-0.15, -0.1) is 11.3 Å². The number of hydrogen-bond acceptors (Lipinski definition) is 7. The van der Waals surface area contributed by atoms with E-state index in [2.05, 4.69) is 9.88 Å². The molecule has 1 aliphatic heterocycles. The van der Waals surface area contributed by atoms with Gasteiger partial charge >= 0.3 is 5.97 Å². The van der Waals surface area contributed by atoms with Crippen LogP contribution in [0.4, 0.5) is 5.13 Å². The Morgan fingerprint density at radius 2 is 2.17 bits per heavy atom. The van der Waals surface area contributed by atoms with Gasteiger partial charge in [0.25, 0.3) is 0 Å². The number of fused-ring (bicyclic) bond motifs is 1. The maximum Gasteiger partial charge on any atom is 0.339 e. The van der Waals surface area contributed by atoms with Gasteiger partial charge < -0.3 is 9.64 Å². The molecule has 0 unspecified atom stereocenters. The monoisotopic (exact) mass is 359 g/mol. The van der Waals surface area contributed by atoms with Gasteiger partial charge in [-0.3, -0.25) is 0 Å². The van der Waals surface area contributed by atoms with Crippen LogP contribution in [0.25, 0.3) is 20.9 Å². The largest absolute Gasteiger partial charge is 0.462 e. The summed E-state index contributed by atoms with van der Waals surface area (Å²) in [5.41, 5.74) is 1.97. The van der Waals surface area contributed by atoms with Gasteiger partial charge in [0.15, 0.2) is 10.8 Å². The molecule has 7 heteroatoms. The predicted octanol–water partition coefficient (Wildman–Crippen LogP) is 4.20. The van der Waals surface area contributed by atoms with Crippen LogP contribution in [0.5, 0.6) is 0 Å². The van der Waals surface area contributed by atoms with E-state index in [4.69, 9.17) is 9.72 Å². The van der Waals surface area contributed by atoms with Crippen LogP contribution in [0.15, 0.2) is 23.6 Å². The summed E-state index contributed by atoms with van der Waals surface area (Å²) in [5.74, 6) is -0.306. The Morgan fingerprint density at radius 3 is 2.88 bits per heavy atom. The average Bonchev–Trinajstić information content (AvgIpc) is 3.33. The molecule has 0 saturated carbocycles. The van der Waals surface area contributed by atoms with Crippen molar-refractivity contribution in [2.24, 2.45) is 0 Å². The van der Waals surface area contributed by atoms with Crippen LogP contribution in [-0.2, 0) is 4.74 Å². The predicted molar refractivity (Wildman–Crippen MR) is 98.1 cm³/mol. The molecule has 5 nitrogen and oxygen atoms in total. The number of pyridine rings is 1. The minimum atomic E-state index is -0.306. The molecular formula is C17H17N3O2S2. The zero-order chi connectivity index (χ0) is 16.5. The highest BCUT2D eigenvalue weighted by molar-refractivity contribution is 7.22. The van der Waals surface area contributed by atoms with Crippen molar-refractivity contribution in [1.82, 2.24) is 9.97 Å². The normalized spacial score (nSPS) is 14.5. The molecule has 3 aromatic rings. The van der Waals surface area contributed by atoms with Crippen molar-refractivity contribution in [1.29, 1.82) is 0 Å². The molecule has 124 valence electrons. The van der Waals surface area contributed by atoms with Crippen LogP contribution in [0.2, 0.25) is 0 Å². The maximum atomic E-state index is 12.4. The summed E-state index contributed by atoms with van der Waals surface area (Å²) in [5, 5.41) is 2.95. The Kier molecular flexibility index (Phi) is 4.20. The highest BCUT2D eigenvalue weighted by Gasteiger charge is 2.22. The number of thiophene rings is 1. The van der Waals surface area contributed by atoms with Crippen molar-refractivity contribution in [2.75, 3.05) is 24.6 Å². The van der Waals surface area contributed by atoms with Gasteiger partial charge in [0.2, 0.25) is 0 Å². The van der Waals surface area contributed by atoms with Crippen molar-refractivity contribution in [3.63, 3.8) is 0 Å². The third-order valence-corrected chi connectivity index (χ3v) is 6.03. The summed E-state index contributed by atoms with van der Waals surface area (Å²) in [7, 11) is 0. The van der Waals surface area contributed by atoms with Gasteiger partial charge in [-0.05, 0) is 37.3 Å². The molecule has 1 fully saturated rings. The van der Waals surface area contributed by atoms with Crippen molar-refractivity contribution in [3.8, 4) is 10.6 Å². The van der Waals surface area contributed by atoms with Gasteiger partial charge in [0, 0.05) is 13.1 Å². The first-order chi connectivity index (χ1) is 11.8. The molecule has 0 radical (unpaired) electrons. The van der Waals surface area contributed by atoms with Crippen LogP contribution in [0, 0.1) is 0 Å². The second kappa shape index (κ2) is 6.49. The van der Waals surface area contributed by atoms with E-state index in [0.717, 1.165) is 33.5 Å². The molecule has 1 aliphatic rings. The maximum absolute atomic E-state index is 12.4. The van der Waals surface area contributed by atoms with E-state index in [-0.39, 0.29) is 5.97 Å². The van der Waals surface area contributed by atoms with Crippen molar-refractivity contribution >= 4 is 44.1 Å². The lowest BCUT2D eigenvalue weighted by Crippen LogP contribution is -2.16. The summed E-state index contributed by atoms with van der Waals surface area (Å²) in [4.78, 5) is 25.1. The van der Waals surface area contributed by atoms with Gasteiger partial charge in [0.1, 0.15) is 0 Å². The summed E-state index contributed by atoms with van der Waals surface area (Å²) in [6.07, 6.45) is 2.38. The first kappa shape index (κ1) is 15.5. The summed E-state index contributed by atoms with van der Waals surface area (Å²) >= 11 is 3.14. The number of carbonyl (C=O) groups is 1. The van der Waals surface area contributed by atoms with Crippen LogP contribution >= 0.6 is 22.7 Å². The van der Waals surface area contributed by atoms with Gasteiger partial charge in [0.05, 0.1) is 27.4 Å². The fraction of sp³-hybridized carbons (Fsp3) is 0.353. The molecule has 0 spiro atoms. The molecule has 0 aromatic carbocycles. The Labute approximate surface area is 147 Å². The fourth-order valence-corrected chi connectivity index (χ4v) is 4.60. The smallest absolute Gasteiger partial charge is 0.339 e. The second-order valence-corrected chi connectivity index (χ2v) is 7.52. The number of anilines is 1. The molecule has 24 heavy (non-hydrogen) atoms. The first-order valence-electron chi connectivity index (χ1n) is 8.04. The number of nitrogens with zero attached hydrogens (tertiary/aromatic N) is 3. The third kappa shape index (κ3) is 2.78. The number of esters is 1. The Balaban J connectivity index is 1.86. The zero-order valence-corrected chi connectivity index (χ0v) is 15.0. The lowest BCUT2D eigenvalue weighted by Gasteiger charge is -2.11. The highest BCUT2D eigenvalue weighted by Crippen LogP contribution is 2.35. The number of rotatable bonds is 4. The van der Waals surface area contributed by atoms with E-state index < -0.39 is 0 Å². The van der Waals surface area contributed by atoms with E-state index >= 15 is 0 Å². The topological polar surface area (TPSA) is 55.3 Å². The van der Waals surface area contributed by atoms with E-state index in [1.54, 1.807) is 11.3 Å². The minimum Gasteiger partial charge on any atom is -0.462 e. The third-order valence-electron chi connectivity index (χ3n) is 4.00. The zero-order valence-electron chi connectivity index (χ0n) is 13.3. The number of ether oxygens (including phenoxy) is 1. The molecule has 0 aliphatic carbocycles. The lowest BCUT2D eigenvalue weighted by molar-refractivity contribution is 0.0529. The van der Waals surface area contributed by atoms with E-state index in [0.29, 0.717) is 17.8 Å². The first-order valence-corrected chi connectivity index (χ1v) is 9.73. The molecule has 0 atom stereocenters. The lowest BCUT2D eigenvalue weighted by atomic mass is 10.2. The quantitative estimate of drug-likeness (QED) is 0.654. The number of aromatic nitrogens is 2. The van der Waals surface area contributed by atoms with Gasteiger partial charge in [-0.25, -0.2) is 9.78 Å². The van der Waals surface area contributed by atoms with Gasteiger partial charge in [-0.1, -0.05) is 17.4 Å². The average molecular weight is 359 g/mol. The molecule has 1 saturated heterocycles. The number of thiazole rings is 1. The molecule has 3 aromatic heterocycles. The molecule has 4 rings (SSSR count). The standard InChI is InChI=1S/C17H17N3O2S2/c1-2-22-16(21)11-10-12(13-6-5-9-23-13)18-15-14(11)24-17(19-15)20-7-3-4-8-20/h5-6,9-10H,2-4,7-8H2,1H3. The van der Waals surface area contributed by atoms with E-state index in [1.807, 2.05) is 30.5 Å². The Morgan fingerprint density at radius 1 is 1.33 bits per heavy atom. The molecule has 0 bridgehead atoms. The SMILES string of the molecule is CCOC(=O)c1cc(-c2cccs2)nc2nc(N3CCCC3)sc12. The number of hydrogen-bond donors (Lipinski definition) is 0. The van der Waals surface area contributed by atoms with Gasteiger partial charge in [-0.2, -0.15) is 4.98 Å². The van der Waals surface area contributed by atoms with Crippen LogP contribution < -0.4 is 4.90 Å².